The van der Waals surface area contributed by atoms with Crippen LogP contribution in [0.25, 0.3) is 0 Å². The van der Waals surface area contributed by atoms with Gasteiger partial charge in [-0.15, -0.1) is 11.3 Å². The zero-order valence-corrected chi connectivity index (χ0v) is 8.61. The smallest absolute Gasteiger partial charge is 0.0931 e. The molecule has 1 unspecified atom stereocenters. The van der Waals surface area contributed by atoms with Crippen LogP contribution in [0, 0.1) is 0 Å². The highest BCUT2D eigenvalue weighted by Crippen LogP contribution is 2.20. The summed E-state index contributed by atoms with van der Waals surface area (Å²) < 4.78 is 0.763. The minimum atomic E-state index is -0.685. The van der Waals surface area contributed by atoms with Gasteiger partial charge in [0, 0.05) is 18.0 Å². The van der Waals surface area contributed by atoms with Crippen LogP contribution in [0.5, 0.6) is 0 Å². The maximum absolute atomic E-state index is 9.01. The molecule has 1 aromatic rings. The monoisotopic (exact) mass is 221 g/mol. The Hall–Kier alpha value is -0.130. The van der Waals surface area contributed by atoms with Crippen molar-refractivity contribution in [3.63, 3.8) is 0 Å². The number of halogens is 1. The first-order valence-electron chi connectivity index (χ1n) is 3.96. The summed E-state index contributed by atoms with van der Waals surface area (Å²) in [7, 11) is 0. The number of hydrogen-bond donors (Lipinski definition) is 3. The van der Waals surface area contributed by atoms with Crippen LogP contribution >= 0.6 is 22.9 Å². The van der Waals surface area contributed by atoms with Crippen LogP contribution in [0.2, 0.25) is 4.34 Å². The predicted molar refractivity (Wildman–Crippen MR) is 54.1 cm³/mol. The van der Waals surface area contributed by atoms with E-state index in [1.807, 2.05) is 12.1 Å². The standard InChI is InChI=1S/C8H12ClNO2S/c9-8-2-1-7(13-8)4-10-3-6(12)5-11/h1-2,6,10-12H,3-5H2. The molecule has 74 valence electrons. The van der Waals surface area contributed by atoms with Crippen LogP contribution in [0.1, 0.15) is 4.88 Å². The first-order chi connectivity index (χ1) is 6.22. The number of aliphatic hydroxyl groups excluding tert-OH is 2. The highest BCUT2D eigenvalue weighted by Gasteiger charge is 2.01. The van der Waals surface area contributed by atoms with Crippen LogP contribution in [-0.2, 0) is 6.54 Å². The predicted octanol–water partition coefficient (Wildman–Crippen LogP) is 0.844. The first-order valence-corrected chi connectivity index (χ1v) is 5.15. The molecule has 1 aromatic heterocycles. The number of thiophene rings is 1. The van der Waals surface area contributed by atoms with Crippen molar-refractivity contribution >= 4 is 22.9 Å². The molecule has 0 aliphatic carbocycles. The third kappa shape index (κ3) is 4.06. The van der Waals surface area contributed by atoms with E-state index in [2.05, 4.69) is 5.32 Å². The van der Waals surface area contributed by atoms with Gasteiger partial charge >= 0.3 is 0 Å². The van der Waals surface area contributed by atoms with Gasteiger partial charge in [-0.3, -0.25) is 0 Å². The van der Waals surface area contributed by atoms with Gasteiger partial charge in [0.15, 0.2) is 0 Å². The number of aliphatic hydroxyl groups is 2. The third-order valence-electron chi connectivity index (χ3n) is 1.52. The molecular weight excluding hydrogens is 210 g/mol. The molecule has 0 aliphatic rings. The highest BCUT2D eigenvalue weighted by atomic mass is 35.5. The van der Waals surface area contributed by atoms with Gasteiger partial charge in [-0.1, -0.05) is 11.6 Å². The molecule has 1 atom stereocenters. The van der Waals surface area contributed by atoms with E-state index in [1.165, 1.54) is 11.3 Å². The number of hydrogen-bond acceptors (Lipinski definition) is 4. The van der Waals surface area contributed by atoms with Gasteiger partial charge < -0.3 is 15.5 Å². The molecular formula is C8H12ClNO2S. The third-order valence-corrected chi connectivity index (χ3v) is 2.75. The molecule has 0 bridgehead atoms. The van der Waals surface area contributed by atoms with Crippen molar-refractivity contribution in [3.05, 3.63) is 21.3 Å². The topological polar surface area (TPSA) is 52.5 Å². The Labute approximate surface area is 86.0 Å². The molecule has 0 amide bonds. The molecule has 0 spiro atoms. The Morgan fingerprint density at radius 1 is 1.54 bits per heavy atom. The quantitative estimate of drug-likeness (QED) is 0.691. The summed E-state index contributed by atoms with van der Waals surface area (Å²) in [6.07, 6.45) is -0.685. The van der Waals surface area contributed by atoms with Crippen LogP contribution in [0.3, 0.4) is 0 Å². The lowest BCUT2D eigenvalue weighted by molar-refractivity contribution is 0.0943. The fourth-order valence-electron chi connectivity index (χ4n) is 0.873. The van der Waals surface area contributed by atoms with Crippen molar-refractivity contribution in [1.29, 1.82) is 0 Å². The maximum Gasteiger partial charge on any atom is 0.0931 e. The summed E-state index contributed by atoms with van der Waals surface area (Å²) in [4.78, 5) is 1.12. The lowest BCUT2D eigenvalue weighted by atomic mass is 10.3. The van der Waals surface area contributed by atoms with E-state index in [-0.39, 0.29) is 6.61 Å². The molecule has 3 N–H and O–H groups in total. The number of rotatable bonds is 5. The van der Waals surface area contributed by atoms with Crippen LogP contribution < -0.4 is 5.32 Å². The summed E-state index contributed by atoms with van der Waals surface area (Å²) in [5.74, 6) is 0. The summed E-state index contributed by atoms with van der Waals surface area (Å²) in [5.41, 5.74) is 0. The van der Waals surface area contributed by atoms with Gasteiger partial charge in [-0.25, -0.2) is 0 Å². The van der Waals surface area contributed by atoms with Gasteiger partial charge in [0.2, 0.25) is 0 Å². The zero-order valence-electron chi connectivity index (χ0n) is 7.03. The van der Waals surface area contributed by atoms with E-state index < -0.39 is 6.10 Å². The molecule has 1 heterocycles. The second-order valence-electron chi connectivity index (χ2n) is 2.67. The largest absolute Gasteiger partial charge is 0.394 e. The van der Waals surface area contributed by atoms with Gasteiger partial charge in [-0.2, -0.15) is 0 Å². The van der Waals surface area contributed by atoms with Gasteiger partial charge in [-0.05, 0) is 12.1 Å². The van der Waals surface area contributed by atoms with E-state index >= 15 is 0 Å². The van der Waals surface area contributed by atoms with Crippen LogP contribution in [-0.4, -0.2) is 29.5 Å². The molecule has 0 aliphatic heterocycles. The minimum Gasteiger partial charge on any atom is -0.394 e. The summed E-state index contributed by atoms with van der Waals surface area (Å²) in [6.45, 7) is 0.860. The SMILES string of the molecule is OCC(O)CNCc1ccc(Cl)s1. The van der Waals surface area contributed by atoms with E-state index in [9.17, 15) is 0 Å². The van der Waals surface area contributed by atoms with Crippen molar-refractivity contribution in [1.82, 2.24) is 5.32 Å². The fraction of sp³-hybridized carbons (Fsp3) is 0.500. The first kappa shape index (κ1) is 10.9. The molecule has 5 heteroatoms. The van der Waals surface area contributed by atoms with Crippen molar-refractivity contribution in [2.45, 2.75) is 12.6 Å². The second kappa shape index (κ2) is 5.57. The van der Waals surface area contributed by atoms with E-state index in [1.54, 1.807) is 0 Å². The van der Waals surface area contributed by atoms with Crippen molar-refractivity contribution < 1.29 is 10.2 Å². The second-order valence-corrected chi connectivity index (χ2v) is 4.47. The summed E-state index contributed by atoms with van der Waals surface area (Å²) in [6, 6.07) is 3.77. The Morgan fingerprint density at radius 2 is 2.31 bits per heavy atom. The van der Waals surface area contributed by atoms with E-state index in [0.29, 0.717) is 13.1 Å². The Morgan fingerprint density at radius 3 is 2.85 bits per heavy atom. The average Bonchev–Trinajstić information content (AvgIpc) is 2.51. The maximum atomic E-state index is 9.01. The number of nitrogens with one attached hydrogen (secondary N) is 1. The van der Waals surface area contributed by atoms with Crippen molar-refractivity contribution in [2.24, 2.45) is 0 Å². The lowest BCUT2D eigenvalue weighted by Gasteiger charge is -2.07. The summed E-state index contributed by atoms with van der Waals surface area (Å²) >= 11 is 7.24. The van der Waals surface area contributed by atoms with Crippen molar-refractivity contribution in [2.75, 3.05) is 13.2 Å². The molecule has 0 saturated heterocycles. The molecule has 13 heavy (non-hydrogen) atoms. The van der Waals surface area contributed by atoms with Gasteiger partial charge in [0.25, 0.3) is 0 Å². The van der Waals surface area contributed by atoms with Crippen LogP contribution in [0.4, 0.5) is 0 Å². The normalized spacial score (nSPS) is 13.2. The Bertz CT molecular complexity index is 254. The molecule has 1 rings (SSSR count). The lowest BCUT2D eigenvalue weighted by Crippen LogP contribution is -2.28. The molecule has 0 aromatic carbocycles. The zero-order chi connectivity index (χ0) is 9.68. The van der Waals surface area contributed by atoms with Crippen molar-refractivity contribution in [3.8, 4) is 0 Å². The van der Waals surface area contributed by atoms with Crippen LogP contribution in [0.15, 0.2) is 12.1 Å². The Balaban J connectivity index is 2.20. The summed E-state index contributed by atoms with van der Waals surface area (Å²) in [5, 5.41) is 20.5. The van der Waals surface area contributed by atoms with E-state index in [4.69, 9.17) is 21.8 Å². The molecule has 0 radical (unpaired) electrons. The minimum absolute atomic E-state index is 0.210. The van der Waals surface area contributed by atoms with Gasteiger partial charge in [0.05, 0.1) is 17.0 Å². The fourth-order valence-corrected chi connectivity index (χ4v) is 1.93. The Kier molecular flexibility index (Phi) is 4.69. The molecule has 0 saturated carbocycles. The average molecular weight is 222 g/mol. The van der Waals surface area contributed by atoms with Gasteiger partial charge in [0.1, 0.15) is 0 Å². The highest BCUT2D eigenvalue weighted by molar-refractivity contribution is 7.16. The van der Waals surface area contributed by atoms with E-state index in [0.717, 1.165) is 9.21 Å². The molecule has 3 nitrogen and oxygen atoms in total. The molecule has 0 fully saturated rings.